The molecule has 0 radical (unpaired) electrons. The number of nitrogens with zero attached hydrogens (tertiary/aromatic N) is 1. The highest BCUT2D eigenvalue weighted by Crippen LogP contribution is 2.25. The molecular formula is C16H20N2OS. The van der Waals surface area contributed by atoms with Gasteiger partial charge in [0.1, 0.15) is 0 Å². The van der Waals surface area contributed by atoms with Gasteiger partial charge in [-0.05, 0) is 29.5 Å². The Kier molecular flexibility index (Phi) is 4.55. The number of hydrogen-bond acceptors (Lipinski definition) is 3. The van der Waals surface area contributed by atoms with E-state index >= 15 is 0 Å². The minimum atomic E-state index is -0.107. The van der Waals surface area contributed by atoms with E-state index in [9.17, 15) is 4.79 Å². The Bertz CT molecular complexity index is 585. The van der Waals surface area contributed by atoms with Gasteiger partial charge in [0.15, 0.2) is 5.13 Å². The Morgan fingerprint density at radius 2 is 1.75 bits per heavy atom. The molecule has 0 saturated heterocycles. The van der Waals surface area contributed by atoms with Crippen molar-refractivity contribution in [3.05, 3.63) is 46.5 Å². The van der Waals surface area contributed by atoms with Crippen LogP contribution in [0.3, 0.4) is 0 Å². The second-order valence-corrected chi connectivity index (χ2v) is 6.52. The van der Waals surface area contributed by atoms with Crippen LogP contribution in [0.1, 0.15) is 60.3 Å². The molecule has 2 rings (SSSR count). The fraction of sp³-hybridized carbons (Fsp3) is 0.375. The zero-order valence-electron chi connectivity index (χ0n) is 12.3. The number of hydrogen-bond donors (Lipinski definition) is 1. The van der Waals surface area contributed by atoms with E-state index in [0.29, 0.717) is 22.5 Å². The van der Waals surface area contributed by atoms with E-state index in [2.05, 4.69) is 38.0 Å². The second-order valence-electron chi connectivity index (χ2n) is 5.45. The Morgan fingerprint density at radius 3 is 2.25 bits per heavy atom. The van der Waals surface area contributed by atoms with E-state index in [-0.39, 0.29) is 5.91 Å². The molecule has 20 heavy (non-hydrogen) atoms. The maximum atomic E-state index is 12.1. The topological polar surface area (TPSA) is 42.0 Å². The normalized spacial score (nSPS) is 11.1. The number of carbonyl (C=O) groups is 1. The predicted octanol–water partition coefficient (Wildman–Crippen LogP) is 4.64. The van der Waals surface area contributed by atoms with Crippen molar-refractivity contribution in [2.45, 2.75) is 39.5 Å². The van der Waals surface area contributed by atoms with E-state index in [1.54, 1.807) is 0 Å². The highest BCUT2D eigenvalue weighted by Gasteiger charge is 2.10. The Hall–Kier alpha value is -1.68. The molecule has 1 heterocycles. The van der Waals surface area contributed by atoms with Crippen LogP contribution in [0, 0.1) is 0 Å². The first-order chi connectivity index (χ1) is 9.47. The summed E-state index contributed by atoms with van der Waals surface area (Å²) in [5, 5.41) is 3.51. The summed E-state index contributed by atoms with van der Waals surface area (Å²) in [5.41, 5.74) is 1.90. The minimum absolute atomic E-state index is 0.107. The number of rotatable bonds is 4. The molecule has 1 aromatic carbocycles. The molecule has 0 unspecified atom stereocenters. The first-order valence-corrected chi connectivity index (χ1v) is 7.66. The summed E-state index contributed by atoms with van der Waals surface area (Å²) in [6.07, 6.45) is 1.83. The van der Waals surface area contributed by atoms with Crippen molar-refractivity contribution in [3.8, 4) is 0 Å². The maximum absolute atomic E-state index is 12.1. The van der Waals surface area contributed by atoms with Gasteiger partial charge in [0.25, 0.3) is 5.91 Å². The zero-order chi connectivity index (χ0) is 14.7. The molecule has 0 aliphatic heterocycles. The van der Waals surface area contributed by atoms with Crippen molar-refractivity contribution in [1.82, 2.24) is 4.98 Å². The fourth-order valence-electron chi connectivity index (χ4n) is 1.80. The van der Waals surface area contributed by atoms with Gasteiger partial charge in [-0.1, -0.05) is 39.8 Å². The van der Waals surface area contributed by atoms with Crippen molar-refractivity contribution in [3.63, 3.8) is 0 Å². The molecule has 0 fully saturated rings. The largest absolute Gasteiger partial charge is 0.298 e. The van der Waals surface area contributed by atoms with Gasteiger partial charge in [-0.3, -0.25) is 10.1 Å². The molecule has 0 saturated carbocycles. The number of nitrogens with one attached hydrogen (secondary N) is 1. The standard InChI is InChI=1S/C16H20N2OS/c1-10(2)12-5-7-13(8-6-12)15(19)18-16-17-9-14(20-16)11(3)4/h5-11H,1-4H3,(H,17,18,19). The van der Waals surface area contributed by atoms with E-state index in [1.165, 1.54) is 21.8 Å². The smallest absolute Gasteiger partial charge is 0.257 e. The quantitative estimate of drug-likeness (QED) is 0.890. The third-order valence-electron chi connectivity index (χ3n) is 3.15. The number of benzene rings is 1. The van der Waals surface area contributed by atoms with Gasteiger partial charge in [0, 0.05) is 16.6 Å². The lowest BCUT2D eigenvalue weighted by Crippen LogP contribution is -2.11. The molecule has 0 bridgehead atoms. The summed E-state index contributed by atoms with van der Waals surface area (Å²) in [6, 6.07) is 7.73. The Morgan fingerprint density at radius 1 is 1.10 bits per heavy atom. The van der Waals surface area contributed by atoms with E-state index in [1.807, 2.05) is 30.5 Å². The highest BCUT2D eigenvalue weighted by atomic mass is 32.1. The van der Waals surface area contributed by atoms with E-state index in [4.69, 9.17) is 0 Å². The summed E-state index contributed by atoms with van der Waals surface area (Å²) in [5.74, 6) is 0.799. The molecule has 0 spiro atoms. The molecule has 3 nitrogen and oxygen atoms in total. The average molecular weight is 288 g/mol. The number of carbonyl (C=O) groups excluding carboxylic acids is 1. The van der Waals surface area contributed by atoms with Crippen molar-refractivity contribution < 1.29 is 4.79 Å². The van der Waals surface area contributed by atoms with Gasteiger partial charge in [0.05, 0.1) is 0 Å². The van der Waals surface area contributed by atoms with Crippen LogP contribution < -0.4 is 5.32 Å². The Labute approximate surface area is 124 Å². The molecule has 1 aromatic heterocycles. The molecule has 0 aliphatic rings. The fourth-order valence-corrected chi connectivity index (χ4v) is 2.61. The first-order valence-electron chi connectivity index (χ1n) is 6.84. The van der Waals surface area contributed by atoms with E-state index in [0.717, 1.165) is 0 Å². The van der Waals surface area contributed by atoms with Crippen LogP contribution in [-0.2, 0) is 0 Å². The molecule has 0 atom stereocenters. The van der Waals surface area contributed by atoms with Gasteiger partial charge in [0.2, 0.25) is 0 Å². The molecule has 4 heteroatoms. The van der Waals surface area contributed by atoms with Crippen molar-refractivity contribution in [2.75, 3.05) is 5.32 Å². The van der Waals surface area contributed by atoms with Crippen molar-refractivity contribution >= 4 is 22.4 Å². The van der Waals surface area contributed by atoms with Gasteiger partial charge in [-0.2, -0.15) is 0 Å². The van der Waals surface area contributed by atoms with Crippen LogP contribution in [0.2, 0.25) is 0 Å². The molecular weight excluding hydrogens is 268 g/mol. The third kappa shape index (κ3) is 3.45. The second kappa shape index (κ2) is 6.18. The van der Waals surface area contributed by atoms with Gasteiger partial charge < -0.3 is 0 Å². The first kappa shape index (κ1) is 14.7. The average Bonchev–Trinajstić information content (AvgIpc) is 2.87. The monoisotopic (exact) mass is 288 g/mol. The van der Waals surface area contributed by atoms with Crippen LogP contribution in [0.4, 0.5) is 5.13 Å². The van der Waals surface area contributed by atoms with Crippen LogP contribution in [0.5, 0.6) is 0 Å². The van der Waals surface area contributed by atoms with Crippen LogP contribution in [-0.4, -0.2) is 10.9 Å². The third-order valence-corrected chi connectivity index (χ3v) is 4.37. The number of aromatic nitrogens is 1. The minimum Gasteiger partial charge on any atom is -0.298 e. The molecule has 106 valence electrons. The van der Waals surface area contributed by atoms with Crippen LogP contribution in [0.25, 0.3) is 0 Å². The predicted molar refractivity (Wildman–Crippen MR) is 84.7 cm³/mol. The number of amides is 1. The van der Waals surface area contributed by atoms with E-state index < -0.39 is 0 Å². The molecule has 1 N–H and O–H groups in total. The molecule has 1 amide bonds. The highest BCUT2D eigenvalue weighted by molar-refractivity contribution is 7.15. The van der Waals surface area contributed by atoms with Crippen LogP contribution in [0.15, 0.2) is 30.5 Å². The maximum Gasteiger partial charge on any atom is 0.257 e. The van der Waals surface area contributed by atoms with Gasteiger partial charge in [-0.15, -0.1) is 11.3 Å². The van der Waals surface area contributed by atoms with Crippen LogP contribution >= 0.6 is 11.3 Å². The lowest BCUT2D eigenvalue weighted by Gasteiger charge is -2.06. The SMILES string of the molecule is CC(C)c1ccc(C(=O)Nc2ncc(C(C)C)s2)cc1. The Balaban J connectivity index is 2.07. The lowest BCUT2D eigenvalue weighted by atomic mass is 10.0. The number of thiazole rings is 1. The molecule has 0 aliphatic carbocycles. The van der Waals surface area contributed by atoms with Crippen molar-refractivity contribution in [1.29, 1.82) is 0 Å². The zero-order valence-corrected chi connectivity index (χ0v) is 13.1. The summed E-state index contributed by atoms with van der Waals surface area (Å²) in [6.45, 7) is 8.50. The van der Waals surface area contributed by atoms with Crippen molar-refractivity contribution in [2.24, 2.45) is 0 Å². The lowest BCUT2D eigenvalue weighted by molar-refractivity contribution is 0.102. The summed E-state index contributed by atoms with van der Waals surface area (Å²) < 4.78 is 0. The number of anilines is 1. The summed E-state index contributed by atoms with van der Waals surface area (Å²) in [4.78, 5) is 17.5. The summed E-state index contributed by atoms with van der Waals surface area (Å²) in [7, 11) is 0. The van der Waals surface area contributed by atoms with Gasteiger partial charge >= 0.3 is 0 Å². The van der Waals surface area contributed by atoms with Gasteiger partial charge in [-0.25, -0.2) is 4.98 Å². The summed E-state index contributed by atoms with van der Waals surface area (Å²) >= 11 is 1.53. The molecule has 2 aromatic rings.